The van der Waals surface area contributed by atoms with Crippen molar-refractivity contribution in [3.05, 3.63) is 69.6 Å². The standard InChI is InChI=1S/C30H32N2O13/c1-13-18(42-28-22(37)24(44-29(31)40)25(41-4)30(2,3)45-28)11-9-16-21(36)20(27(39)43-23(13)16)32-26(38)15-8-10-17(33)14(12-15)6-5-7-19(34)35/h5,7-12,22,24-25,28,33,36-37H,6H2,1-4H3,(H2,31,40)(H,32,38)(H,34,35)/b7-5+/t22-,24+,25-,28-/m1/s1. The van der Waals surface area contributed by atoms with Gasteiger partial charge in [0.15, 0.2) is 23.6 Å². The van der Waals surface area contributed by atoms with Gasteiger partial charge in [-0.2, -0.15) is 0 Å². The van der Waals surface area contributed by atoms with E-state index in [0.29, 0.717) is 0 Å². The summed E-state index contributed by atoms with van der Waals surface area (Å²) < 4.78 is 27.7. The summed E-state index contributed by atoms with van der Waals surface area (Å²) in [5.74, 6) is -2.68. The van der Waals surface area contributed by atoms with Crippen molar-refractivity contribution in [2.24, 2.45) is 5.73 Å². The molecule has 0 spiro atoms. The Hall–Kier alpha value is -5.12. The van der Waals surface area contributed by atoms with Gasteiger partial charge in [-0.15, -0.1) is 0 Å². The molecule has 2 heterocycles. The van der Waals surface area contributed by atoms with Crippen molar-refractivity contribution in [3.63, 3.8) is 0 Å². The average Bonchev–Trinajstić information content (AvgIpc) is 2.95. The minimum absolute atomic E-state index is 0.00801. The first kappa shape index (κ1) is 32.8. The van der Waals surface area contributed by atoms with E-state index in [4.69, 9.17) is 34.2 Å². The normalized spacial score (nSPS) is 21.0. The van der Waals surface area contributed by atoms with Gasteiger partial charge in [0.05, 0.1) is 11.0 Å². The van der Waals surface area contributed by atoms with Gasteiger partial charge in [-0.05, 0) is 63.1 Å². The maximum absolute atomic E-state index is 13.0. The number of anilines is 1. The van der Waals surface area contributed by atoms with Crippen LogP contribution in [0.25, 0.3) is 11.0 Å². The third-order valence-corrected chi connectivity index (χ3v) is 7.19. The van der Waals surface area contributed by atoms with Crippen LogP contribution < -0.4 is 21.4 Å². The Balaban J connectivity index is 1.61. The molecule has 15 heteroatoms. The summed E-state index contributed by atoms with van der Waals surface area (Å²) in [6, 6.07) is 6.59. The Morgan fingerprint density at radius 1 is 1.16 bits per heavy atom. The largest absolute Gasteiger partial charge is 0.508 e. The number of aliphatic hydroxyl groups is 1. The smallest absolute Gasteiger partial charge is 0.404 e. The van der Waals surface area contributed by atoms with E-state index in [1.165, 1.54) is 50.4 Å². The lowest BCUT2D eigenvalue weighted by Gasteiger charge is -2.47. The van der Waals surface area contributed by atoms with Gasteiger partial charge in [0.1, 0.15) is 23.2 Å². The van der Waals surface area contributed by atoms with E-state index in [9.17, 15) is 34.5 Å². The molecule has 1 aliphatic rings. The first-order valence-electron chi connectivity index (χ1n) is 13.5. The van der Waals surface area contributed by atoms with Crippen LogP contribution in [0.15, 0.2) is 51.7 Å². The van der Waals surface area contributed by atoms with Crippen LogP contribution in [-0.4, -0.2) is 75.7 Å². The second-order valence-corrected chi connectivity index (χ2v) is 10.7. The van der Waals surface area contributed by atoms with Crippen LogP contribution in [0, 0.1) is 6.92 Å². The topological polar surface area (TPSA) is 237 Å². The SMILES string of the molecule is CO[C@@H]1[C@@H](OC(N)=O)[C@@H](O)[C@H](Oc2ccc3c(O)c(NC(=O)c4ccc(O)c(C/C=C/C(=O)O)c4)c(=O)oc3c2C)OC1(C)C. The monoisotopic (exact) mass is 628 g/mol. The van der Waals surface area contributed by atoms with E-state index in [2.05, 4.69) is 5.32 Å². The average molecular weight is 629 g/mol. The molecule has 45 heavy (non-hydrogen) atoms. The van der Waals surface area contributed by atoms with Crippen LogP contribution in [-0.2, 0) is 25.4 Å². The number of benzene rings is 2. The number of aliphatic hydroxyl groups excluding tert-OH is 1. The lowest BCUT2D eigenvalue weighted by molar-refractivity contribution is -0.304. The van der Waals surface area contributed by atoms with Crippen molar-refractivity contribution < 1.29 is 58.2 Å². The van der Waals surface area contributed by atoms with Crippen LogP contribution in [0.4, 0.5) is 10.5 Å². The van der Waals surface area contributed by atoms with E-state index < -0.39 is 65.2 Å². The molecule has 1 fully saturated rings. The van der Waals surface area contributed by atoms with Gasteiger partial charge < -0.3 is 54.8 Å². The van der Waals surface area contributed by atoms with Crippen LogP contribution in [0.2, 0.25) is 0 Å². The molecular formula is C30H32N2O13. The fourth-order valence-electron chi connectivity index (χ4n) is 5.04. The third kappa shape index (κ3) is 6.85. The van der Waals surface area contributed by atoms with E-state index in [-0.39, 0.29) is 45.6 Å². The summed E-state index contributed by atoms with van der Waals surface area (Å²) in [7, 11) is 1.35. The van der Waals surface area contributed by atoms with Gasteiger partial charge >= 0.3 is 17.7 Å². The van der Waals surface area contributed by atoms with Gasteiger partial charge in [0, 0.05) is 24.3 Å². The number of phenols is 1. The number of rotatable bonds is 9. The Bertz CT molecular complexity index is 1730. The first-order chi connectivity index (χ1) is 21.1. The number of nitrogens with one attached hydrogen (secondary N) is 1. The van der Waals surface area contributed by atoms with Crippen molar-refractivity contribution in [2.75, 3.05) is 12.4 Å². The number of carbonyl (C=O) groups is 3. The number of aliphatic carboxylic acids is 1. The molecule has 3 aromatic rings. The highest BCUT2D eigenvalue weighted by Crippen LogP contribution is 2.38. The first-order valence-corrected chi connectivity index (χ1v) is 13.5. The number of carbonyl (C=O) groups excluding carboxylic acids is 2. The Kier molecular flexibility index (Phi) is 9.37. The molecule has 4 atom stereocenters. The highest BCUT2D eigenvalue weighted by Gasteiger charge is 2.53. The maximum atomic E-state index is 13.0. The number of carboxylic acid groups (broad SMARTS) is 1. The fourth-order valence-corrected chi connectivity index (χ4v) is 5.04. The maximum Gasteiger partial charge on any atom is 0.404 e. The van der Waals surface area contributed by atoms with Gasteiger partial charge in [-0.25, -0.2) is 14.4 Å². The molecule has 240 valence electrons. The number of ether oxygens (including phenoxy) is 4. The molecule has 2 amide bonds. The number of allylic oxidation sites excluding steroid dienone is 1. The van der Waals surface area contributed by atoms with Crippen molar-refractivity contribution in [1.29, 1.82) is 0 Å². The molecule has 15 nitrogen and oxygen atoms in total. The van der Waals surface area contributed by atoms with Gasteiger partial charge in [0.2, 0.25) is 6.29 Å². The molecule has 1 saturated heterocycles. The van der Waals surface area contributed by atoms with Crippen LogP contribution in [0.3, 0.4) is 0 Å². The van der Waals surface area contributed by atoms with E-state index in [0.717, 1.165) is 6.08 Å². The van der Waals surface area contributed by atoms with E-state index in [1.807, 2.05) is 0 Å². The molecular weight excluding hydrogens is 596 g/mol. The Morgan fingerprint density at radius 2 is 1.87 bits per heavy atom. The minimum Gasteiger partial charge on any atom is -0.508 e. The number of carboxylic acids is 1. The lowest BCUT2D eigenvalue weighted by Crippen LogP contribution is -2.65. The van der Waals surface area contributed by atoms with E-state index >= 15 is 0 Å². The summed E-state index contributed by atoms with van der Waals surface area (Å²) in [6.45, 7) is 4.79. The number of methoxy groups -OCH3 is 1. The molecule has 0 saturated carbocycles. The molecule has 4 rings (SSSR count). The van der Waals surface area contributed by atoms with Crippen molar-refractivity contribution in [1.82, 2.24) is 0 Å². The van der Waals surface area contributed by atoms with Gasteiger partial charge in [-0.3, -0.25) is 4.79 Å². The number of aromatic hydroxyl groups is 2. The highest BCUT2D eigenvalue weighted by molar-refractivity contribution is 6.06. The fraction of sp³-hybridized carbons (Fsp3) is 0.333. The number of primary amides is 1. The second kappa shape index (κ2) is 12.9. The van der Waals surface area contributed by atoms with Crippen molar-refractivity contribution in [3.8, 4) is 17.2 Å². The van der Waals surface area contributed by atoms with Crippen LogP contribution in [0.1, 0.15) is 35.3 Å². The molecule has 0 unspecified atom stereocenters. The number of nitrogens with two attached hydrogens (primary N) is 1. The zero-order valence-electron chi connectivity index (χ0n) is 24.6. The predicted octanol–water partition coefficient (Wildman–Crippen LogP) is 2.30. The predicted molar refractivity (Wildman–Crippen MR) is 156 cm³/mol. The molecule has 0 bridgehead atoms. The molecule has 1 aromatic heterocycles. The number of fused-ring (bicyclic) bond motifs is 1. The van der Waals surface area contributed by atoms with Crippen LogP contribution in [0.5, 0.6) is 17.2 Å². The quantitative estimate of drug-likeness (QED) is 0.147. The lowest BCUT2D eigenvalue weighted by atomic mass is 9.89. The summed E-state index contributed by atoms with van der Waals surface area (Å²) >= 11 is 0. The number of hydrogen-bond acceptors (Lipinski definition) is 12. The van der Waals surface area contributed by atoms with E-state index in [1.54, 1.807) is 13.8 Å². The summed E-state index contributed by atoms with van der Waals surface area (Å²) in [5.41, 5.74) is 2.82. The highest BCUT2D eigenvalue weighted by atomic mass is 16.7. The third-order valence-electron chi connectivity index (χ3n) is 7.19. The summed E-state index contributed by atoms with van der Waals surface area (Å²) in [4.78, 5) is 48.1. The zero-order valence-corrected chi connectivity index (χ0v) is 24.6. The summed E-state index contributed by atoms with van der Waals surface area (Å²) in [6.07, 6.45) is -4.03. The minimum atomic E-state index is -1.54. The molecule has 1 aliphatic heterocycles. The zero-order chi connectivity index (χ0) is 33.2. The number of amides is 2. The molecule has 0 aliphatic carbocycles. The Morgan fingerprint density at radius 3 is 2.51 bits per heavy atom. The molecule has 0 radical (unpaired) electrons. The van der Waals surface area contributed by atoms with Crippen molar-refractivity contribution in [2.45, 2.75) is 57.4 Å². The Labute approximate surface area is 255 Å². The number of aryl methyl sites for hydroxylation is 1. The molecule has 7 N–H and O–H groups in total. The van der Waals surface area contributed by atoms with Crippen LogP contribution >= 0.6 is 0 Å². The van der Waals surface area contributed by atoms with Crippen molar-refractivity contribution >= 4 is 34.6 Å². The second-order valence-electron chi connectivity index (χ2n) is 10.7. The molecule has 2 aromatic carbocycles. The summed E-state index contributed by atoms with van der Waals surface area (Å²) in [5, 5.41) is 43.1. The van der Waals surface area contributed by atoms with Gasteiger partial charge in [-0.1, -0.05) is 6.08 Å². The van der Waals surface area contributed by atoms with Gasteiger partial charge in [0.25, 0.3) is 5.91 Å². The number of hydrogen-bond donors (Lipinski definition) is 6. The number of phenolic OH excluding ortho intramolecular Hbond substituents is 1.